The Morgan fingerprint density at radius 3 is 2.29 bits per heavy atom. The van der Waals surface area contributed by atoms with Crippen LogP contribution < -0.4 is 5.32 Å². The van der Waals surface area contributed by atoms with Gasteiger partial charge in [-0.15, -0.1) is 0 Å². The fraction of sp³-hybridized carbons (Fsp3) is 0.200. The first kappa shape index (κ1) is 15.8. The van der Waals surface area contributed by atoms with Crippen LogP contribution in [0.5, 0.6) is 0 Å². The minimum absolute atomic E-state index is 0.113. The number of hydrogen-bond acceptors (Lipinski definition) is 3. The molecule has 0 saturated carbocycles. The zero-order valence-corrected chi connectivity index (χ0v) is 12.7. The van der Waals surface area contributed by atoms with Gasteiger partial charge in [-0.1, -0.05) is 41.4 Å². The van der Waals surface area contributed by atoms with E-state index < -0.39 is 4.92 Å². The largest absolute Gasteiger partial charge is 0.312 e. The first-order chi connectivity index (χ1) is 10.1. The lowest BCUT2D eigenvalue weighted by atomic mass is 10.1. The Morgan fingerprint density at radius 1 is 1.00 bits per heavy atom. The number of nitrogens with one attached hydrogen (secondary N) is 1. The van der Waals surface area contributed by atoms with E-state index in [9.17, 15) is 10.1 Å². The minimum atomic E-state index is -0.397. The molecule has 2 aromatic carbocycles. The molecule has 0 aromatic heterocycles. The van der Waals surface area contributed by atoms with Crippen LogP contribution in [0.4, 0.5) is 5.69 Å². The average Bonchev–Trinajstić information content (AvgIpc) is 2.47. The lowest BCUT2D eigenvalue weighted by Gasteiger charge is -2.06. The first-order valence-electron chi connectivity index (χ1n) is 6.44. The SMILES string of the molecule is O=[N+]([O-])c1ccc(CCNCc2ccc(Cl)c(Cl)c2)cc1. The van der Waals surface area contributed by atoms with Crippen LogP contribution in [-0.4, -0.2) is 11.5 Å². The quantitative estimate of drug-likeness (QED) is 0.491. The van der Waals surface area contributed by atoms with E-state index in [1.807, 2.05) is 12.1 Å². The molecule has 4 nitrogen and oxygen atoms in total. The van der Waals surface area contributed by atoms with Crippen LogP contribution in [0.15, 0.2) is 42.5 Å². The Labute approximate surface area is 132 Å². The third-order valence-corrected chi connectivity index (χ3v) is 3.79. The van der Waals surface area contributed by atoms with Gasteiger partial charge >= 0.3 is 0 Å². The molecule has 110 valence electrons. The smallest absolute Gasteiger partial charge is 0.269 e. The number of halogens is 2. The van der Waals surface area contributed by atoms with E-state index in [1.54, 1.807) is 18.2 Å². The lowest BCUT2D eigenvalue weighted by molar-refractivity contribution is -0.384. The maximum atomic E-state index is 10.6. The van der Waals surface area contributed by atoms with Crippen molar-refractivity contribution in [3.05, 3.63) is 73.8 Å². The Hall–Kier alpha value is -1.62. The molecular weight excluding hydrogens is 311 g/mol. The lowest BCUT2D eigenvalue weighted by Crippen LogP contribution is -2.16. The van der Waals surface area contributed by atoms with E-state index >= 15 is 0 Å². The maximum Gasteiger partial charge on any atom is 0.269 e. The standard InChI is InChI=1S/C15H14Cl2N2O2/c16-14-6-3-12(9-15(14)17)10-18-8-7-11-1-4-13(5-2-11)19(20)21/h1-6,9,18H,7-8,10H2. The number of non-ortho nitro benzene ring substituents is 1. The van der Waals surface area contributed by atoms with E-state index in [1.165, 1.54) is 12.1 Å². The average molecular weight is 325 g/mol. The third-order valence-electron chi connectivity index (χ3n) is 3.05. The van der Waals surface area contributed by atoms with Crippen LogP contribution in [0.1, 0.15) is 11.1 Å². The van der Waals surface area contributed by atoms with Crippen molar-refractivity contribution in [1.29, 1.82) is 0 Å². The van der Waals surface area contributed by atoms with Gasteiger partial charge in [0, 0.05) is 18.7 Å². The van der Waals surface area contributed by atoms with Crippen LogP contribution in [0.3, 0.4) is 0 Å². The molecule has 0 radical (unpaired) electrons. The van der Waals surface area contributed by atoms with Crippen LogP contribution in [0.25, 0.3) is 0 Å². The molecule has 0 spiro atoms. The van der Waals surface area contributed by atoms with Crippen LogP contribution in [0.2, 0.25) is 10.0 Å². The summed E-state index contributed by atoms with van der Waals surface area (Å²) < 4.78 is 0. The van der Waals surface area contributed by atoms with Gasteiger partial charge in [0.2, 0.25) is 0 Å². The molecular formula is C15H14Cl2N2O2. The number of nitro groups is 1. The molecule has 0 saturated heterocycles. The number of nitro benzene ring substituents is 1. The van der Waals surface area contributed by atoms with Gasteiger partial charge in [-0.25, -0.2) is 0 Å². The Balaban J connectivity index is 1.79. The van der Waals surface area contributed by atoms with Gasteiger partial charge in [-0.05, 0) is 36.2 Å². The molecule has 2 rings (SSSR count). The predicted octanol–water partition coefficient (Wildman–Crippen LogP) is 4.23. The topological polar surface area (TPSA) is 55.2 Å². The fourth-order valence-corrected chi connectivity index (χ4v) is 2.22. The van der Waals surface area contributed by atoms with Crippen LogP contribution in [0, 0.1) is 10.1 Å². The number of hydrogen-bond donors (Lipinski definition) is 1. The molecule has 0 fully saturated rings. The molecule has 6 heteroatoms. The number of nitrogens with zero attached hydrogens (tertiary/aromatic N) is 1. The van der Waals surface area contributed by atoms with Crippen molar-refractivity contribution >= 4 is 28.9 Å². The Kier molecular flexibility index (Phi) is 5.56. The molecule has 0 aliphatic rings. The second kappa shape index (κ2) is 7.41. The van der Waals surface area contributed by atoms with Crippen LogP contribution >= 0.6 is 23.2 Å². The molecule has 2 aromatic rings. The van der Waals surface area contributed by atoms with Gasteiger partial charge in [-0.3, -0.25) is 10.1 Å². The summed E-state index contributed by atoms with van der Waals surface area (Å²) in [6.07, 6.45) is 0.805. The molecule has 0 aliphatic carbocycles. The Bertz CT molecular complexity index is 630. The van der Waals surface area contributed by atoms with Crippen LogP contribution in [-0.2, 0) is 13.0 Å². The first-order valence-corrected chi connectivity index (χ1v) is 7.20. The van der Waals surface area contributed by atoms with E-state index in [0.29, 0.717) is 16.6 Å². The second-order valence-electron chi connectivity index (χ2n) is 4.60. The summed E-state index contributed by atoms with van der Waals surface area (Å²) in [5.74, 6) is 0. The molecule has 21 heavy (non-hydrogen) atoms. The molecule has 0 bridgehead atoms. The second-order valence-corrected chi connectivity index (χ2v) is 5.41. The van der Waals surface area contributed by atoms with Gasteiger partial charge in [0.05, 0.1) is 15.0 Å². The summed E-state index contributed by atoms with van der Waals surface area (Å²) >= 11 is 11.8. The van der Waals surface area contributed by atoms with Gasteiger partial charge in [-0.2, -0.15) is 0 Å². The molecule has 0 heterocycles. The molecule has 0 aliphatic heterocycles. The van der Waals surface area contributed by atoms with Crippen molar-refractivity contribution in [2.24, 2.45) is 0 Å². The summed E-state index contributed by atoms with van der Waals surface area (Å²) in [4.78, 5) is 10.2. The van der Waals surface area contributed by atoms with E-state index in [4.69, 9.17) is 23.2 Å². The zero-order chi connectivity index (χ0) is 15.2. The summed E-state index contributed by atoms with van der Waals surface area (Å²) in [5.41, 5.74) is 2.23. The number of rotatable bonds is 6. The minimum Gasteiger partial charge on any atom is -0.312 e. The normalized spacial score (nSPS) is 10.6. The number of benzene rings is 2. The fourth-order valence-electron chi connectivity index (χ4n) is 1.90. The Morgan fingerprint density at radius 2 is 1.67 bits per heavy atom. The van der Waals surface area contributed by atoms with Crippen molar-refractivity contribution in [1.82, 2.24) is 5.32 Å². The highest BCUT2D eigenvalue weighted by Gasteiger charge is 2.04. The van der Waals surface area contributed by atoms with E-state index in [2.05, 4.69) is 5.32 Å². The van der Waals surface area contributed by atoms with Crippen molar-refractivity contribution in [3.63, 3.8) is 0 Å². The molecule has 0 unspecified atom stereocenters. The van der Waals surface area contributed by atoms with Crippen molar-refractivity contribution in [2.45, 2.75) is 13.0 Å². The van der Waals surface area contributed by atoms with Gasteiger partial charge in [0.15, 0.2) is 0 Å². The summed E-state index contributed by atoms with van der Waals surface area (Å²) in [6.45, 7) is 1.47. The monoisotopic (exact) mass is 324 g/mol. The highest BCUT2D eigenvalue weighted by atomic mass is 35.5. The summed E-state index contributed by atoms with van der Waals surface area (Å²) in [6, 6.07) is 12.1. The summed E-state index contributed by atoms with van der Waals surface area (Å²) in [5, 5.41) is 14.9. The van der Waals surface area contributed by atoms with Crippen molar-refractivity contribution in [3.8, 4) is 0 Å². The maximum absolute atomic E-state index is 10.6. The van der Waals surface area contributed by atoms with E-state index in [0.717, 1.165) is 24.1 Å². The van der Waals surface area contributed by atoms with Gasteiger partial charge in [0.25, 0.3) is 5.69 Å². The summed E-state index contributed by atoms with van der Waals surface area (Å²) in [7, 11) is 0. The highest BCUT2D eigenvalue weighted by molar-refractivity contribution is 6.42. The molecule has 0 amide bonds. The van der Waals surface area contributed by atoms with Crippen molar-refractivity contribution in [2.75, 3.05) is 6.54 Å². The molecule has 1 N–H and O–H groups in total. The predicted molar refractivity (Wildman–Crippen MR) is 85.0 cm³/mol. The van der Waals surface area contributed by atoms with Gasteiger partial charge in [0.1, 0.15) is 0 Å². The highest BCUT2D eigenvalue weighted by Crippen LogP contribution is 2.22. The zero-order valence-electron chi connectivity index (χ0n) is 11.2. The molecule has 0 atom stereocenters. The van der Waals surface area contributed by atoms with E-state index in [-0.39, 0.29) is 5.69 Å². The van der Waals surface area contributed by atoms with Gasteiger partial charge < -0.3 is 5.32 Å². The third kappa shape index (κ3) is 4.70. The van der Waals surface area contributed by atoms with Crippen molar-refractivity contribution < 1.29 is 4.92 Å².